The lowest BCUT2D eigenvalue weighted by Crippen LogP contribution is -2.40. The van der Waals surface area contributed by atoms with Crippen LogP contribution in [0.15, 0.2) is 53.4 Å². The second-order valence-electron chi connectivity index (χ2n) is 7.24. The van der Waals surface area contributed by atoms with Crippen LogP contribution in [0.25, 0.3) is 22.4 Å². The fourth-order valence-electron chi connectivity index (χ4n) is 3.72. The number of benzene rings is 1. The Kier molecular flexibility index (Phi) is 4.51. The number of likely N-dealkylation sites (tertiary alicyclic amines) is 1. The summed E-state index contributed by atoms with van der Waals surface area (Å²) in [5.74, 6) is 1.35. The van der Waals surface area contributed by atoms with Crippen molar-refractivity contribution in [3.63, 3.8) is 0 Å². The standard InChI is InChI=1S/C21H20N6O2/c28-19-7-5-15(12-27(19)10-8-16-3-1-2-9-22-16)21-25-20(26-29-21)14-4-6-17-18(11-14)24-13-23-17/h1-4,6,9,11,13,15H,5,7-8,10,12H2,(H,23,24)/t15-/m1/s1. The number of amides is 1. The minimum absolute atomic E-state index is 0.0496. The molecule has 0 unspecified atom stereocenters. The number of carbonyl (C=O) groups is 1. The molecule has 0 radical (unpaired) electrons. The summed E-state index contributed by atoms with van der Waals surface area (Å²) in [5.41, 5.74) is 3.68. The van der Waals surface area contributed by atoms with Crippen molar-refractivity contribution in [3.8, 4) is 11.4 Å². The van der Waals surface area contributed by atoms with Crippen LogP contribution in [0.2, 0.25) is 0 Å². The minimum atomic E-state index is 0.0496. The average molecular weight is 388 g/mol. The van der Waals surface area contributed by atoms with Gasteiger partial charge in [-0.3, -0.25) is 9.78 Å². The van der Waals surface area contributed by atoms with Crippen molar-refractivity contribution in [1.82, 2.24) is 30.0 Å². The molecule has 0 saturated carbocycles. The zero-order valence-corrected chi connectivity index (χ0v) is 15.8. The van der Waals surface area contributed by atoms with Gasteiger partial charge in [0.2, 0.25) is 17.6 Å². The Balaban J connectivity index is 1.30. The minimum Gasteiger partial charge on any atom is -0.345 e. The molecule has 0 spiro atoms. The van der Waals surface area contributed by atoms with E-state index in [1.54, 1.807) is 12.5 Å². The molecular weight excluding hydrogens is 368 g/mol. The first-order chi connectivity index (χ1) is 14.3. The molecule has 5 rings (SSSR count). The second kappa shape index (κ2) is 7.46. The largest absolute Gasteiger partial charge is 0.345 e. The van der Waals surface area contributed by atoms with Crippen LogP contribution in [0, 0.1) is 0 Å². The summed E-state index contributed by atoms with van der Waals surface area (Å²) in [6.07, 6.45) is 5.38. The third-order valence-electron chi connectivity index (χ3n) is 5.33. The van der Waals surface area contributed by atoms with Crippen LogP contribution in [0.5, 0.6) is 0 Å². The van der Waals surface area contributed by atoms with Crippen LogP contribution < -0.4 is 0 Å². The van der Waals surface area contributed by atoms with E-state index in [-0.39, 0.29) is 11.8 Å². The van der Waals surface area contributed by atoms with E-state index in [1.165, 1.54) is 0 Å². The third kappa shape index (κ3) is 3.61. The molecule has 0 bridgehead atoms. The Morgan fingerprint density at radius 3 is 3.07 bits per heavy atom. The maximum atomic E-state index is 12.3. The second-order valence-corrected chi connectivity index (χ2v) is 7.24. The smallest absolute Gasteiger partial charge is 0.231 e. The summed E-state index contributed by atoms with van der Waals surface area (Å²) in [4.78, 5) is 30.5. The molecule has 1 aliphatic rings. The SMILES string of the molecule is O=C1CC[C@@H](c2nc(-c3ccc4nc[nH]c4c3)no2)CN1CCc1ccccn1. The van der Waals surface area contributed by atoms with Crippen LogP contribution in [-0.4, -0.2) is 49.0 Å². The maximum absolute atomic E-state index is 12.3. The van der Waals surface area contributed by atoms with Crippen LogP contribution in [0.4, 0.5) is 0 Å². The molecule has 8 heteroatoms. The Hall–Kier alpha value is -3.55. The van der Waals surface area contributed by atoms with Gasteiger partial charge in [0.1, 0.15) is 0 Å². The highest BCUT2D eigenvalue weighted by Gasteiger charge is 2.30. The van der Waals surface area contributed by atoms with Crippen molar-refractivity contribution >= 4 is 16.9 Å². The zero-order valence-electron chi connectivity index (χ0n) is 15.8. The van der Waals surface area contributed by atoms with Crippen molar-refractivity contribution in [2.75, 3.05) is 13.1 Å². The van der Waals surface area contributed by atoms with Crippen molar-refractivity contribution in [1.29, 1.82) is 0 Å². The number of hydrogen-bond acceptors (Lipinski definition) is 6. The Morgan fingerprint density at radius 2 is 2.17 bits per heavy atom. The number of piperidine rings is 1. The van der Waals surface area contributed by atoms with Gasteiger partial charge in [-0.05, 0) is 36.8 Å². The van der Waals surface area contributed by atoms with Gasteiger partial charge in [0.15, 0.2) is 0 Å². The van der Waals surface area contributed by atoms with Crippen LogP contribution in [0.1, 0.15) is 30.3 Å². The van der Waals surface area contributed by atoms with Crippen LogP contribution >= 0.6 is 0 Å². The van der Waals surface area contributed by atoms with E-state index < -0.39 is 0 Å². The van der Waals surface area contributed by atoms with Crippen LogP contribution in [0.3, 0.4) is 0 Å². The predicted octanol–water partition coefficient (Wildman–Crippen LogP) is 2.96. The average Bonchev–Trinajstić information content (AvgIpc) is 3.43. The quantitative estimate of drug-likeness (QED) is 0.564. The molecular formula is C21H20N6O2. The summed E-state index contributed by atoms with van der Waals surface area (Å²) in [7, 11) is 0. The molecule has 1 aliphatic heterocycles. The fraction of sp³-hybridized carbons (Fsp3) is 0.286. The van der Waals surface area contributed by atoms with Crippen molar-refractivity contribution < 1.29 is 9.32 Å². The number of aromatic nitrogens is 5. The zero-order chi connectivity index (χ0) is 19.6. The first kappa shape index (κ1) is 17.5. The molecule has 0 aliphatic carbocycles. The highest BCUT2D eigenvalue weighted by molar-refractivity contribution is 5.80. The van der Waals surface area contributed by atoms with Crippen molar-refractivity contribution in [3.05, 3.63) is 60.5 Å². The molecule has 4 aromatic rings. The molecule has 1 saturated heterocycles. The number of imidazole rings is 1. The normalized spacial score (nSPS) is 17.2. The summed E-state index contributed by atoms with van der Waals surface area (Å²) in [6, 6.07) is 11.6. The first-order valence-corrected chi connectivity index (χ1v) is 9.71. The molecule has 146 valence electrons. The number of pyridine rings is 1. The van der Waals surface area contributed by atoms with Crippen LogP contribution in [-0.2, 0) is 11.2 Å². The topological polar surface area (TPSA) is 101 Å². The van der Waals surface area contributed by atoms with E-state index in [1.807, 2.05) is 41.3 Å². The maximum Gasteiger partial charge on any atom is 0.231 e. The Morgan fingerprint density at radius 1 is 1.21 bits per heavy atom. The number of H-pyrrole nitrogens is 1. The van der Waals surface area contributed by atoms with E-state index >= 15 is 0 Å². The monoisotopic (exact) mass is 388 g/mol. The highest BCUT2D eigenvalue weighted by Crippen LogP contribution is 2.29. The molecule has 1 amide bonds. The number of nitrogens with zero attached hydrogens (tertiary/aromatic N) is 5. The molecule has 1 aromatic carbocycles. The summed E-state index contributed by atoms with van der Waals surface area (Å²) in [6.45, 7) is 1.23. The fourth-order valence-corrected chi connectivity index (χ4v) is 3.72. The first-order valence-electron chi connectivity index (χ1n) is 9.71. The van der Waals surface area contributed by atoms with Gasteiger partial charge < -0.3 is 14.4 Å². The van der Waals surface area contributed by atoms with E-state index in [4.69, 9.17) is 4.52 Å². The van der Waals surface area contributed by atoms with Gasteiger partial charge in [-0.2, -0.15) is 4.98 Å². The Bertz CT molecular complexity index is 1140. The van der Waals surface area contributed by atoms with Gasteiger partial charge in [-0.25, -0.2) is 4.98 Å². The van der Waals surface area contributed by atoms with Gasteiger partial charge in [-0.1, -0.05) is 11.2 Å². The number of carbonyl (C=O) groups excluding carboxylic acids is 1. The molecule has 8 nitrogen and oxygen atoms in total. The van der Waals surface area contributed by atoms with E-state index in [0.29, 0.717) is 31.2 Å². The number of fused-ring (bicyclic) bond motifs is 1. The lowest BCUT2D eigenvalue weighted by atomic mass is 9.97. The number of rotatable bonds is 5. The molecule has 29 heavy (non-hydrogen) atoms. The molecule has 4 heterocycles. The lowest BCUT2D eigenvalue weighted by molar-refractivity contribution is -0.133. The van der Waals surface area contributed by atoms with Crippen molar-refractivity contribution in [2.45, 2.75) is 25.2 Å². The predicted molar refractivity (Wildman–Crippen MR) is 106 cm³/mol. The number of nitrogens with one attached hydrogen (secondary N) is 1. The molecule has 3 aromatic heterocycles. The number of hydrogen-bond donors (Lipinski definition) is 1. The van der Waals surface area contributed by atoms with Gasteiger partial charge in [-0.15, -0.1) is 0 Å². The Labute approximate surface area is 167 Å². The molecule has 1 atom stereocenters. The van der Waals surface area contributed by atoms with Gasteiger partial charge in [0.05, 0.1) is 23.3 Å². The molecule has 1 N–H and O–H groups in total. The third-order valence-corrected chi connectivity index (χ3v) is 5.33. The highest BCUT2D eigenvalue weighted by atomic mass is 16.5. The number of aromatic amines is 1. The van der Waals surface area contributed by atoms with Gasteiger partial charge in [0.25, 0.3) is 0 Å². The summed E-state index contributed by atoms with van der Waals surface area (Å²) in [5, 5.41) is 4.16. The lowest BCUT2D eigenvalue weighted by Gasteiger charge is -2.30. The summed E-state index contributed by atoms with van der Waals surface area (Å²) >= 11 is 0. The summed E-state index contributed by atoms with van der Waals surface area (Å²) < 4.78 is 5.56. The van der Waals surface area contributed by atoms with E-state index in [2.05, 4.69) is 25.1 Å². The van der Waals surface area contributed by atoms with E-state index in [0.717, 1.165) is 35.1 Å². The van der Waals surface area contributed by atoms with E-state index in [9.17, 15) is 4.79 Å². The molecule has 1 fully saturated rings. The van der Waals surface area contributed by atoms with Gasteiger partial charge in [0, 0.05) is 43.4 Å². The van der Waals surface area contributed by atoms with Crippen molar-refractivity contribution in [2.24, 2.45) is 0 Å². The van der Waals surface area contributed by atoms with Gasteiger partial charge >= 0.3 is 0 Å².